The zero-order valence-corrected chi connectivity index (χ0v) is 16.5. The molecule has 146 valence electrons. The minimum absolute atomic E-state index is 0.0634. The van der Waals surface area contributed by atoms with Crippen molar-refractivity contribution in [2.45, 2.75) is 39.7 Å². The number of amides is 1. The largest absolute Gasteiger partial charge is 0.489 e. The van der Waals surface area contributed by atoms with E-state index < -0.39 is 0 Å². The fourth-order valence-corrected chi connectivity index (χ4v) is 3.36. The lowest BCUT2D eigenvalue weighted by Gasteiger charge is -2.33. The van der Waals surface area contributed by atoms with E-state index >= 15 is 0 Å². The van der Waals surface area contributed by atoms with Gasteiger partial charge < -0.3 is 15.4 Å². The van der Waals surface area contributed by atoms with Gasteiger partial charge in [0.15, 0.2) is 11.4 Å². The van der Waals surface area contributed by atoms with E-state index in [0.717, 1.165) is 18.5 Å². The number of ether oxygens (including phenoxy) is 1. The van der Waals surface area contributed by atoms with Crippen LogP contribution in [0.3, 0.4) is 0 Å². The third-order valence-corrected chi connectivity index (χ3v) is 5.05. The molecule has 0 spiro atoms. The van der Waals surface area contributed by atoms with Crippen molar-refractivity contribution in [3.8, 4) is 11.4 Å². The molecule has 0 saturated carbocycles. The first-order chi connectivity index (χ1) is 13.0. The number of hydrogen-bond acceptors (Lipinski definition) is 4. The molecule has 2 aromatic rings. The molecule has 1 aliphatic rings. The van der Waals surface area contributed by atoms with Gasteiger partial charge in [0.1, 0.15) is 0 Å². The highest BCUT2D eigenvalue weighted by Gasteiger charge is 2.29. The zero-order valence-electron chi connectivity index (χ0n) is 16.5. The molecule has 0 radical (unpaired) electrons. The molecule has 27 heavy (non-hydrogen) atoms. The van der Waals surface area contributed by atoms with E-state index in [1.54, 1.807) is 10.9 Å². The first-order valence-corrected chi connectivity index (χ1v) is 9.78. The fourth-order valence-electron chi connectivity index (χ4n) is 3.36. The maximum Gasteiger partial charge on any atom is 0.278 e. The van der Waals surface area contributed by atoms with Crippen LogP contribution in [0.2, 0.25) is 0 Å². The predicted molar refractivity (Wildman–Crippen MR) is 106 cm³/mol. The second-order valence-corrected chi connectivity index (χ2v) is 7.82. The van der Waals surface area contributed by atoms with E-state index in [-0.39, 0.29) is 11.9 Å². The Morgan fingerprint density at radius 3 is 2.48 bits per heavy atom. The van der Waals surface area contributed by atoms with Crippen LogP contribution in [0.15, 0.2) is 36.5 Å². The number of rotatable bonds is 6. The molecule has 1 atom stereocenters. The van der Waals surface area contributed by atoms with Gasteiger partial charge in [0, 0.05) is 19.1 Å². The average Bonchev–Trinajstić information content (AvgIpc) is 3.11. The van der Waals surface area contributed by atoms with Crippen LogP contribution in [0, 0.1) is 11.8 Å². The van der Waals surface area contributed by atoms with Gasteiger partial charge in [-0.3, -0.25) is 4.79 Å². The number of benzene rings is 1. The molecule has 1 amide bonds. The van der Waals surface area contributed by atoms with Crippen molar-refractivity contribution in [2.75, 3.05) is 19.7 Å². The molecule has 1 fully saturated rings. The van der Waals surface area contributed by atoms with Crippen LogP contribution in [0.1, 0.15) is 44.1 Å². The summed E-state index contributed by atoms with van der Waals surface area (Å²) in [7, 11) is 0. The molecular weight excluding hydrogens is 340 g/mol. The van der Waals surface area contributed by atoms with Gasteiger partial charge in [0.05, 0.1) is 18.5 Å². The van der Waals surface area contributed by atoms with E-state index in [9.17, 15) is 4.79 Å². The Balaban J connectivity index is 1.82. The fraction of sp³-hybridized carbons (Fsp3) is 0.524. The Hall–Kier alpha value is -2.34. The lowest BCUT2D eigenvalue weighted by Crippen LogP contribution is -2.42. The summed E-state index contributed by atoms with van der Waals surface area (Å²) in [6, 6.07) is 9.95. The highest BCUT2D eigenvalue weighted by Crippen LogP contribution is 2.25. The van der Waals surface area contributed by atoms with Crippen LogP contribution in [0.25, 0.3) is 5.69 Å². The van der Waals surface area contributed by atoms with Crippen molar-refractivity contribution in [1.29, 1.82) is 0 Å². The lowest BCUT2D eigenvalue weighted by molar-refractivity contribution is 0.0669. The van der Waals surface area contributed by atoms with Crippen molar-refractivity contribution in [1.82, 2.24) is 14.7 Å². The van der Waals surface area contributed by atoms with Gasteiger partial charge in [-0.15, -0.1) is 0 Å². The van der Waals surface area contributed by atoms with Crippen molar-refractivity contribution < 1.29 is 9.53 Å². The van der Waals surface area contributed by atoms with E-state index in [4.69, 9.17) is 10.5 Å². The molecule has 1 aromatic heterocycles. The third kappa shape index (κ3) is 4.69. The number of para-hydroxylation sites is 1. The zero-order chi connectivity index (χ0) is 19.4. The number of nitrogens with two attached hydrogens (primary N) is 1. The molecule has 1 aliphatic heterocycles. The SMILES string of the molecule is CC(C)COc1cn(-c2ccccc2)nc1C(=O)N1CCC(C(C)N)CC1. The van der Waals surface area contributed by atoms with Crippen molar-refractivity contribution >= 4 is 5.91 Å². The molecule has 6 heteroatoms. The normalized spacial score (nSPS) is 16.6. The van der Waals surface area contributed by atoms with Gasteiger partial charge in [-0.1, -0.05) is 32.0 Å². The van der Waals surface area contributed by atoms with Crippen molar-refractivity contribution in [3.63, 3.8) is 0 Å². The van der Waals surface area contributed by atoms with Crippen LogP contribution in [0.4, 0.5) is 0 Å². The molecular formula is C21H30N4O2. The topological polar surface area (TPSA) is 73.4 Å². The highest BCUT2D eigenvalue weighted by molar-refractivity contribution is 5.95. The summed E-state index contributed by atoms with van der Waals surface area (Å²) in [6.07, 6.45) is 3.68. The molecule has 2 heterocycles. The van der Waals surface area contributed by atoms with E-state index in [2.05, 4.69) is 18.9 Å². The van der Waals surface area contributed by atoms with Gasteiger partial charge in [0.2, 0.25) is 0 Å². The average molecular weight is 370 g/mol. The lowest BCUT2D eigenvalue weighted by atomic mass is 9.91. The summed E-state index contributed by atoms with van der Waals surface area (Å²) < 4.78 is 7.64. The van der Waals surface area contributed by atoms with Gasteiger partial charge in [0.25, 0.3) is 5.91 Å². The van der Waals surface area contributed by atoms with E-state index in [0.29, 0.717) is 43.0 Å². The summed E-state index contributed by atoms with van der Waals surface area (Å²) >= 11 is 0. The number of carbonyl (C=O) groups excluding carboxylic acids is 1. The number of aromatic nitrogens is 2. The number of hydrogen-bond donors (Lipinski definition) is 1. The highest BCUT2D eigenvalue weighted by atomic mass is 16.5. The summed E-state index contributed by atoms with van der Waals surface area (Å²) in [5, 5.41) is 4.56. The van der Waals surface area contributed by atoms with Crippen LogP contribution in [-0.2, 0) is 0 Å². The number of piperidine rings is 1. The van der Waals surface area contributed by atoms with Gasteiger partial charge >= 0.3 is 0 Å². The molecule has 3 rings (SSSR count). The van der Waals surface area contributed by atoms with E-state index in [1.807, 2.05) is 42.2 Å². The standard InChI is InChI=1S/C21H30N4O2/c1-15(2)14-27-19-13-25(18-7-5-4-6-8-18)23-20(19)21(26)24-11-9-17(10-12-24)16(3)22/h4-8,13,15-17H,9-12,14,22H2,1-3H3. The molecule has 6 nitrogen and oxygen atoms in total. The number of likely N-dealkylation sites (tertiary alicyclic amines) is 1. The first kappa shape index (κ1) is 19.4. The predicted octanol–water partition coefficient (Wildman–Crippen LogP) is 3.11. The molecule has 1 aromatic carbocycles. The van der Waals surface area contributed by atoms with Crippen LogP contribution in [-0.4, -0.2) is 46.3 Å². The van der Waals surface area contributed by atoms with Crippen LogP contribution >= 0.6 is 0 Å². The number of carbonyl (C=O) groups is 1. The third-order valence-electron chi connectivity index (χ3n) is 5.05. The summed E-state index contributed by atoms with van der Waals surface area (Å²) in [5.74, 6) is 1.33. The number of nitrogens with zero attached hydrogens (tertiary/aromatic N) is 3. The molecule has 1 unspecified atom stereocenters. The summed E-state index contributed by atoms with van der Waals surface area (Å²) in [4.78, 5) is 15.0. The van der Waals surface area contributed by atoms with Gasteiger partial charge in [-0.25, -0.2) is 4.68 Å². The molecule has 0 aliphatic carbocycles. The second-order valence-electron chi connectivity index (χ2n) is 7.82. The molecule has 2 N–H and O–H groups in total. The maximum atomic E-state index is 13.1. The Labute approximate surface area is 161 Å². The van der Waals surface area contributed by atoms with Crippen LogP contribution < -0.4 is 10.5 Å². The monoisotopic (exact) mass is 370 g/mol. The summed E-state index contributed by atoms with van der Waals surface area (Å²) in [5.41, 5.74) is 7.31. The molecule has 0 bridgehead atoms. The minimum atomic E-state index is -0.0634. The Kier molecular flexibility index (Phi) is 6.16. The summed E-state index contributed by atoms with van der Waals surface area (Å²) in [6.45, 7) is 8.19. The van der Waals surface area contributed by atoms with Crippen molar-refractivity contribution in [3.05, 3.63) is 42.2 Å². The van der Waals surface area contributed by atoms with Crippen LogP contribution in [0.5, 0.6) is 5.75 Å². The minimum Gasteiger partial charge on any atom is -0.489 e. The smallest absolute Gasteiger partial charge is 0.278 e. The van der Waals surface area contributed by atoms with Gasteiger partial charge in [-0.05, 0) is 43.7 Å². The maximum absolute atomic E-state index is 13.1. The Bertz CT molecular complexity index is 747. The first-order valence-electron chi connectivity index (χ1n) is 9.78. The second kappa shape index (κ2) is 8.57. The van der Waals surface area contributed by atoms with Gasteiger partial charge in [-0.2, -0.15) is 5.10 Å². The molecule has 1 saturated heterocycles. The quantitative estimate of drug-likeness (QED) is 0.848. The van der Waals surface area contributed by atoms with E-state index in [1.165, 1.54) is 0 Å². The Morgan fingerprint density at radius 2 is 1.89 bits per heavy atom. The Morgan fingerprint density at radius 1 is 1.22 bits per heavy atom. The van der Waals surface area contributed by atoms with Crippen molar-refractivity contribution in [2.24, 2.45) is 17.6 Å².